The van der Waals surface area contributed by atoms with Crippen molar-refractivity contribution in [2.75, 3.05) is 30.8 Å². The molecular weight excluding hydrogens is 394 g/mol. The maximum absolute atomic E-state index is 13.0. The van der Waals surface area contributed by atoms with Crippen LogP contribution in [0.1, 0.15) is 18.1 Å². The Morgan fingerprint density at radius 1 is 1.24 bits per heavy atom. The predicted octanol–water partition coefficient (Wildman–Crippen LogP) is 2.15. The number of rotatable bonds is 6. The van der Waals surface area contributed by atoms with Crippen LogP contribution in [0.15, 0.2) is 41.3 Å². The summed E-state index contributed by atoms with van der Waals surface area (Å²) in [6.45, 7) is 3.14. The number of carbonyl (C=O) groups is 2. The standard InChI is InChI=1S/C20H23N3O5S/c1-4-14-5-7-15(8-6-14)21-19(24)11-23(3)29(26,27)18-10-17-16(9-13(18)2)22-20(25)12-28-17/h5-10H,4,11-12H2,1-3H3,(H,21,24)(H,22,25). The molecule has 2 aromatic carbocycles. The van der Waals surface area contributed by atoms with Crippen molar-refractivity contribution in [2.24, 2.45) is 0 Å². The lowest BCUT2D eigenvalue weighted by molar-refractivity contribution is -0.118. The summed E-state index contributed by atoms with van der Waals surface area (Å²) in [5, 5.41) is 5.34. The quantitative estimate of drug-likeness (QED) is 0.749. The van der Waals surface area contributed by atoms with E-state index in [1.165, 1.54) is 13.1 Å². The highest BCUT2D eigenvalue weighted by Crippen LogP contribution is 2.33. The summed E-state index contributed by atoms with van der Waals surface area (Å²) in [7, 11) is -2.59. The van der Waals surface area contributed by atoms with E-state index in [-0.39, 0.29) is 29.7 Å². The van der Waals surface area contributed by atoms with Gasteiger partial charge in [-0.15, -0.1) is 0 Å². The minimum atomic E-state index is -3.93. The third kappa shape index (κ3) is 4.57. The van der Waals surface area contributed by atoms with E-state index < -0.39 is 15.9 Å². The van der Waals surface area contributed by atoms with Crippen LogP contribution in [0.3, 0.4) is 0 Å². The first-order valence-electron chi connectivity index (χ1n) is 9.13. The molecule has 3 rings (SSSR count). The van der Waals surface area contributed by atoms with Gasteiger partial charge in [-0.25, -0.2) is 8.42 Å². The number of sulfonamides is 1. The van der Waals surface area contributed by atoms with Crippen LogP contribution >= 0.6 is 0 Å². The van der Waals surface area contributed by atoms with E-state index >= 15 is 0 Å². The predicted molar refractivity (Wildman–Crippen MR) is 110 cm³/mol. The van der Waals surface area contributed by atoms with Crippen LogP contribution in [0, 0.1) is 6.92 Å². The molecule has 9 heteroatoms. The zero-order chi connectivity index (χ0) is 21.2. The Kier molecular flexibility index (Phi) is 5.90. The second-order valence-electron chi connectivity index (χ2n) is 6.81. The summed E-state index contributed by atoms with van der Waals surface area (Å²) in [6.07, 6.45) is 0.892. The highest BCUT2D eigenvalue weighted by molar-refractivity contribution is 7.89. The number of amides is 2. The number of nitrogens with zero attached hydrogens (tertiary/aromatic N) is 1. The van der Waals surface area contributed by atoms with Gasteiger partial charge in [0.25, 0.3) is 5.91 Å². The van der Waals surface area contributed by atoms with Crippen molar-refractivity contribution in [3.8, 4) is 5.75 Å². The van der Waals surface area contributed by atoms with Gasteiger partial charge in [-0.05, 0) is 42.7 Å². The van der Waals surface area contributed by atoms with E-state index in [2.05, 4.69) is 10.6 Å². The number of hydrogen-bond acceptors (Lipinski definition) is 5. The Morgan fingerprint density at radius 2 is 1.93 bits per heavy atom. The van der Waals surface area contributed by atoms with Crippen LogP contribution in [0.2, 0.25) is 0 Å². The molecule has 0 saturated carbocycles. The average molecular weight is 417 g/mol. The lowest BCUT2D eigenvalue weighted by Gasteiger charge is -2.22. The van der Waals surface area contributed by atoms with Gasteiger partial charge in [0.2, 0.25) is 15.9 Å². The van der Waals surface area contributed by atoms with E-state index in [4.69, 9.17) is 4.74 Å². The number of nitrogens with one attached hydrogen (secondary N) is 2. The van der Waals surface area contributed by atoms with Gasteiger partial charge >= 0.3 is 0 Å². The van der Waals surface area contributed by atoms with Crippen LogP contribution in [-0.2, 0) is 26.0 Å². The Bertz CT molecular complexity index is 1050. The zero-order valence-corrected chi connectivity index (χ0v) is 17.3. The van der Waals surface area contributed by atoms with E-state index in [9.17, 15) is 18.0 Å². The summed E-state index contributed by atoms with van der Waals surface area (Å²) in [4.78, 5) is 23.8. The summed E-state index contributed by atoms with van der Waals surface area (Å²) in [5.74, 6) is -0.463. The number of aryl methyl sites for hydroxylation is 2. The zero-order valence-electron chi connectivity index (χ0n) is 16.5. The lowest BCUT2D eigenvalue weighted by atomic mass is 10.1. The summed E-state index contributed by atoms with van der Waals surface area (Å²) in [5.41, 5.74) is 2.61. The number of anilines is 2. The Morgan fingerprint density at radius 3 is 2.59 bits per heavy atom. The fourth-order valence-corrected chi connectivity index (χ4v) is 4.32. The summed E-state index contributed by atoms with van der Waals surface area (Å²) < 4.78 is 32.3. The molecule has 8 nitrogen and oxygen atoms in total. The smallest absolute Gasteiger partial charge is 0.262 e. The molecule has 0 unspecified atom stereocenters. The van der Waals surface area contributed by atoms with Gasteiger partial charge < -0.3 is 15.4 Å². The van der Waals surface area contributed by atoms with Crippen LogP contribution < -0.4 is 15.4 Å². The van der Waals surface area contributed by atoms with Crippen LogP contribution in [0.25, 0.3) is 0 Å². The van der Waals surface area contributed by atoms with Crippen molar-refractivity contribution in [1.29, 1.82) is 0 Å². The lowest BCUT2D eigenvalue weighted by Crippen LogP contribution is -2.35. The molecule has 0 spiro atoms. The molecule has 2 amide bonds. The third-order valence-corrected chi connectivity index (χ3v) is 6.56. The molecule has 1 aliphatic heterocycles. The van der Waals surface area contributed by atoms with Crippen molar-refractivity contribution < 1.29 is 22.7 Å². The van der Waals surface area contributed by atoms with Gasteiger partial charge in [0.15, 0.2) is 6.61 Å². The highest BCUT2D eigenvalue weighted by Gasteiger charge is 2.28. The van der Waals surface area contributed by atoms with E-state index in [1.54, 1.807) is 25.1 Å². The molecular formula is C20H23N3O5S. The fourth-order valence-electron chi connectivity index (χ4n) is 2.97. The van der Waals surface area contributed by atoms with Gasteiger partial charge in [-0.2, -0.15) is 4.31 Å². The average Bonchev–Trinajstić information content (AvgIpc) is 2.67. The highest BCUT2D eigenvalue weighted by atomic mass is 32.2. The number of fused-ring (bicyclic) bond motifs is 1. The molecule has 0 radical (unpaired) electrons. The molecule has 0 saturated heterocycles. The van der Waals surface area contributed by atoms with Gasteiger partial charge in [0.05, 0.1) is 17.1 Å². The minimum Gasteiger partial charge on any atom is -0.482 e. The first-order chi connectivity index (χ1) is 13.7. The molecule has 0 fully saturated rings. The SMILES string of the molecule is CCc1ccc(NC(=O)CN(C)S(=O)(=O)c2cc3c(cc2C)NC(=O)CO3)cc1. The largest absolute Gasteiger partial charge is 0.482 e. The fraction of sp³-hybridized carbons (Fsp3) is 0.300. The summed E-state index contributed by atoms with van der Waals surface area (Å²) >= 11 is 0. The number of carbonyl (C=O) groups excluding carboxylic acids is 2. The van der Waals surface area contributed by atoms with Gasteiger partial charge in [-0.3, -0.25) is 9.59 Å². The molecule has 0 bridgehead atoms. The minimum absolute atomic E-state index is 0.0231. The molecule has 29 heavy (non-hydrogen) atoms. The van der Waals surface area contributed by atoms with Crippen molar-refractivity contribution in [1.82, 2.24) is 4.31 Å². The molecule has 0 aromatic heterocycles. The summed E-state index contributed by atoms with van der Waals surface area (Å²) in [6, 6.07) is 10.3. The van der Waals surface area contributed by atoms with Crippen LogP contribution in [-0.4, -0.2) is 44.7 Å². The second-order valence-corrected chi connectivity index (χ2v) is 8.82. The van der Waals surface area contributed by atoms with Crippen LogP contribution in [0.4, 0.5) is 11.4 Å². The van der Waals surface area contributed by atoms with E-state index in [0.29, 0.717) is 16.9 Å². The van der Waals surface area contributed by atoms with Gasteiger partial charge in [0, 0.05) is 18.8 Å². The van der Waals surface area contributed by atoms with E-state index in [0.717, 1.165) is 16.3 Å². The number of benzene rings is 2. The third-order valence-electron chi connectivity index (χ3n) is 4.61. The van der Waals surface area contributed by atoms with Crippen molar-refractivity contribution >= 4 is 33.2 Å². The Balaban J connectivity index is 1.74. The first kappa shape index (κ1) is 20.8. The van der Waals surface area contributed by atoms with Crippen molar-refractivity contribution in [3.05, 3.63) is 47.5 Å². The van der Waals surface area contributed by atoms with Gasteiger partial charge in [-0.1, -0.05) is 19.1 Å². The van der Waals surface area contributed by atoms with Crippen LogP contribution in [0.5, 0.6) is 5.75 Å². The topological polar surface area (TPSA) is 105 Å². The molecule has 1 heterocycles. The number of hydrogen-bond donors (Lipinski definition) is 2. The van der Waals surface area contributed by atoms with E-state index in [1.807, 2.05) is 19.1 Å². The van der Waals surface area contributed by atoms with Crippen molar-refractivity contribution in [2.45, 2.75) is 25.2 Å². The number of likely N-dealkylation sites (N-methyl/N-ethyl adjacent to an activating group) is 1. The Hall–Kier alpha value is -2.91. The maximum atomic E-state index is 13.0. The molecule has 2 aromatic rings. The van der Waals surface area contributed by atoms with Crippen molar-refractivity contribution in [3.63, 3.8) is 0 Å². The number of ether oxygens (including phenoxy) is 1. The molecule has 0 atom stereocenters. The molecule has 1 aliphatic rings. The second kappa shape index (κ2) is 8.22. The monoisotopic (exact) mass is 417 g/mol. The molecule has 2 N–H and O–H groups in total. The normalized spacial score (nSPS) is 13.4. The van der Waals surface area contributed by atoms with Gasteiger partial charge in [0.1, 0.15) is 5.75 Å². The first-order valence-corrected chi connectivity index (χ1v) is 10.6. The molecule has 0 aliphatic carbocycles. The Labute approximate surface area is 169 Å². The maximum Gasteiger partial charge on any atom is 0.262 e. The molecule has 154 valence electrons.